The Morgan fingerprint density at radius 2 is 2.04 bits per heavy atom. The highest BCUT2D eigenvalue weighted by molar-refractivity contribution is 7.17. The fraction of sp³-hybridized carbons (Fsp3) is 0.100. The fourth-order valence-electron chi connectivity index (χ4n) is 3.15. The largest absolute Gasteiger partial charge is 0.488 e. The average molecular weight is 361 g/mol. The van der Waals surface area contributed by atoms with E-state index in [9.17, 15) is 4.79 Å². The number of hydrogen-bond donors (Lipinski definition) is 2. The first kappa shape index (κ1) is 15.2. The van der Waals surface area contributed by atoms with Crippen molar-refractivity contribution in [1.29, 1.82) is 0 Å². The fourth-order valence-corrected chi connectivity index (χ4v) is 4.27. The van der Waals surface area contributed by atoms with Crippen molar-refractivity contribution in [2.45, 2.75) is 13.2 Å². The number of amides is 1. The molecule has 0 aliphatic carbocycles. The normalized spacial score (nSPS) is 12.3. The van der Waals surface area contributed by atoms with Crippen LogP contribution in [-0.2, 0) is 13.2 Å². The van der Waals surface area contributed by atoms with E-state index in [4.69, 9.17) is 4.74 Å². The van der Waals surface area contributed by atoms with E-state index in [1.54, 1.807) is 0 Å². The van der Waals surface area contributed by atoms with E-state index in [0.29, 0.717) is 18.0 Å². The van der Waals surface area contributed by atoms with Crippen molar-refractivity contribution in [3.05, 3.63) is 70.9 Å². The van der Waals surface area contributed by atoms with E-state index in [-0.39, 0.29) is 5.91 Å². The molecule has 26 heavy (non-hydrogen) atoms. The van der Waals surface area contributed by atoms with E-state index in [2.05, 4.69) is 15.3 Å². The zero-order valence-electron chi connectivity index (χ0n) is 13.8. The van der Waals surface area contributed by atoms with Crippen LogP contribution in [0.2, 0.25) is 0 Å². The third kappa shape index (κ3) is 2.55. The Hall–Kier alpha value is -3.12. The van der Waals surface area contributed by atoms with Gasteiger partial charge in [-0.05, 0) is 30.3 Å². The number of fused-ring (bicyclic) bond motifs is 4. The molecular formula is C20H15N3O2S. The molecule has 3 heterocycles. The minimum absolute atomic E-state index is 0.0951. The van der Waals surface area contributed by atoms with Crippen LogP contribution in [0.3, 0.4) is 0 Å². The lowest BCUT2D eigenvalue weighted by Gasteiger charge is -2.16. The summed E-state index contributed by atoms with van der Waals surface area (Å²) in [5.41, 5.74) is 3.98. The van der Waals surface area contributed by atoms with Crippen LogP contribution in [0, 0.1) is 0 Å². The monoisotopic (exact) mass is 361 g/mol. The highest BCUT2D eigenvalue weighted by Gasteiger charge is 2.22. The van der Waals surface area contributed by atoms with Gasteiger partial charge in [0.05, 0.1) is 22.5 Å². The van der Waals surface area contributed by atoms with Crippen LogP contribution in [0.15, 0.2) is 54.6 Å². The number of aromatic nitrogens is 2. The van der Waals surface area contributed by atoms with Crippen molar-refractivity contribution in [2.24, 2.45) is 0 Å². The topological polar surface area (TPSA) is 67.0 Å². The van der Waals surface area contributed by atoms with Crippen LogP contribution in [0.1, 0.15) is 21.1 Å². The number of carbonyl (C=O) groups excluding carboxylic acids is 1. The summed E-state index contributed by atoms with van der Waals surface area (Å²) in [5, 5.41) is 2.95. The van der Waals surface area contributed by atoms with E-state index in [0.717, 1.165) is 38.6 Å². The number of rotatable bonds is 3. The Bertz CT molecular complexity index is 1100. The van der Waals surface area contributed by atoms with Gasteiger partial charge in [0.15, 0.2) is 0 Å². The predicted molar refractivity (Wildman–Crippen MR) is 101 cm³/mol. The lowest BCUT2D eigenvalue weighted by molar-refractivity contribution is 0.0954. The summed E-state index contributed by atoms with van der Waals surface area (Å²) >= 11 is 1.50. The molecule has 6 heteroatoms. The molecule has 128 valence electrons. The molecule has 1 aliphatic rings. The summed E-state index contributed by atoms with van der Waals surface area (Å²) in [7, 11) is 0. The molecule has 0 saturated carbocycles. The SMILES string of the molecule is O=C(NCc1nc2ccccc2[nH]1)c1cc2c(s1)-c1ccccc1OC2. The number of aromatic amines is 1. The van der Waals surface area contributed by atoms with E-state index < -0.39 is 0 Å². The van der Waals surface area contributed by atoms with Crippen LogP contribution in [0.5, 0.6) is 5.75 Å². The van der Waals surface area contributed by atoms with E-state index in [1.165, 1.54) is 11.3 Å². The number of nitrogens with zero attached hydrogens (tertiary/aromatic N) is 1. The Morgan fingerprint density at radius 3 is 2.96 bits per heavy atom. The molecular weight excluding hydrogens is 346 g/mol. The van der Waals surface area contributed by atoms with Gasteiger partial charge < -0.3 is 15.0 Å². The van der Waals surface area contributed by atoms with Gasteiger partial charge in [-0.3, -0.25) is 4.79 Å². The van der Waals surface area contributed by atoms with Crippen molar-refractivity contribution in [1.82, 2.24) is 15.3 Å². The molecule has 0 radical (unpaired) electrons. The number of benzene rings is 2. The number of nitrogens with one attached hydrogen (secondary N) is 2. The Balaban J connectivity index is 1.36. The highest BCUT2D eigenvalue weighted by Crippen LogP contribution is 2.42. The molecule has 4 aromatic rings. The van der Waals surface area contributed by atoms with Crippen molar-refractivity contribution >= 4 is 28.3 Å². The van der Waals surface area contributed by atoms with Crippen molar-refractivity contribution in [2.75, 3.05) is 0 Å². The quantitative estimate of drug-likeness (QED) is 0.577. The first-order valence-electron chi connectivity index (χ1n) is 8.35. The smallest absolute Gasteiger partial charge is 0.261 e. The minimum atomic E-state index is -0.0951. The number of thiophene rings is 1. The summed E-state index contributed by atoms with van der Waals surface area (Å²) in [6.45, 7) is 0.864. The second kappa shape index (κ2) is 6.00. The minimum Gasteiger partial charge on any atom is -0.488 e. The molecule has 0 atom stereocenters. The molecule has 2 aromatic heterocycles. The molecule has 1 aliphatic heterocycles. The van der Waals surface area contributed by atoms with Crippen LogP contribution in [0.25, 0.3) is 21.5 Å². The molecule has 1 amide bonds. The summed E-state index contributed by atoms with van der Waals surface area (Å²) in [6, 6.07) is 17.7. The number of para-hydroxylation sites is 3. The van der Waals surface area contributed by atoms with Gasteiger partial charge in [-0.15, -0.1) is 11.3 Å². The first-order chi connectivity index (χ1) is 12.8. The van der Waals surface area contributed by atoms with Gasteiger partial charge in [-0.1, -0.05) is 24.3 Å². The van der Waals surface area contributed by atoms with Crippen LogP contribution in [-0.4, -0.2) is 15.9 Å². The van der Waals surface area contributed by atoms with Gasteiger partial charge in [0.2, 0.25) is 0 Å². The third-order valence-corrected chi connectivity index (χ3v) is 5.61. The summed E-state index contributed by atoms with van der Waals surface area (Å²) < 4.78 is 5.77. The zero-order chi connectivity index (χ0) is 17.5. The number of imidazole rings is 1. The lowest BCUT2D eigenvalue weighted by atomic mass is 10.1. The maximum absolute atomic E-state index is 12.6. The van der Waals surface area contributed by atoms with Gasteiger partial charge in [0, 0.05) is 16.0 Å². The van der Waals surface area contributed by atoms with Gasteiger partial charge in [0.25, 0.3) is 5.91 Å². The Labute approximate surface area is 153 Å². The van der Waals surface area contributed by atoms with E-state index in [1.807, 2.05) is 54.6 Å². The van der Waals surface area contributed by atoms with Crippen molar-refractivity contribution < 1.29 is 9.53 Å². The molecule has 2 N–H and O–H groups in total. The summed E-state index contributed by atoms with van der Waals surface area (Å²) in [6.07, 6.45) is 0. The lowest BCUT2D eigenvalue weighted by Crippen LogP contribution is -2.22. The number of ether oxygens (including phenoxy) is 1. The van der Waals surface area contributed by atoms with Gasteiger partial charge in [-0.25, -0.2) is 4.98 Å². The second-order valence-corrected chi connectivity index (χ2v) is 7.19. The zero-order valence-corrected chi connectivity index (χ0v) is 14.6. The number of H-pyrrole nitrogens is 1. The standard InChI is InChI=1S/C20H15N3O2S/c24-20(21-10-18-22-14-6-2-3-7-15(14)23-18)17-9-12-11-25-16-8-4-1-5-13(16)19(12)26-17/h1-9H,10-11H2,(H,21,24)(H,22,23). The molecule has 0 saturated heterocycles. The van der Waals surface area contributed by atoms with E-state index >= 15 is 0 Å². The summed E-state index contributed by atoms with van der Waals surface area (Å²) in [5.74, 6) is 1.52. The van der Waals surface area contributed by atoms with Gasteiger partial charge in [0.1, 0.15) is 18.2 Å². The average Bonchev–Trinajstić information content (AvgIpc) is 3.30. The van der Waals surface area contributed by atoms with Crippen molar-refractivity contribution in [3.63, 3.8) is 0 Å². The maximum atomic E-state index is 12.6. The van der Waals surface area contributed by atoms with Gasteiger partial charge >= 0.3 is 0 Å². The maximum Gasteiger partial charge on any atom is 0.261 e. The van der Waals surface area contributed by atoms with Crippen LogP contribution < -0.4 is 10.1 Å². The van der Waals surface area contributed by atoms with Crippen LogP contribution in [0.4, 0.5) is 0 Å². The predicted octanol–water partition coefficient (Wildman–Crippen LogP) is 4.11. The molecule has 2 aromatic carbocycles. The number of hydrogen-bond acceptors (Lipinski definition) is 4. The molecule has 0 bridgehead atoms. The third-order valence-electron chi connectivity index (χ3n) is 4.40. The number of carbonyl (C=O) groups is 1. The Morgan fingerprint density at radius 1 is 1.19 bits per heavy atom. The first-order valence-corrected chi connectivity index (χ1v) is 9.16. The molecule has 0 fully saturated rings. The van der Waals surface area contributed by atoms with Gasteiger partial charge in [-0.2, -0.15) is 0 Å². The second-order valence-electron chi connectivity index (χ2n) is 6.13. The highest BCUT2D eigenvalue weighted by atomic mass is 32.1. The Kier molecular flexibility index (Phi) is 3.50. The van der Waals surface area contributed by atoms with Crippen LogP contribution >= 0.6 is 11.3 Å². The molecule has 5 rings (SSSR count). The molecule has 5 nitrogen and oxygen atoms in total. The molecule has 0 unspecified atom stereocenters. The summed E-state index contributed by atoms with van der Waals surface area (Å²) in [4.78, 5) is 22.1. The van der Waals surface area contributed by atoms with Crippen molar-refractivity contribution in [3.8, 4) is 16.2 Å². The molecule has 0 spiro atoms.